The molecule has 0 unspecified atom stereocenters. The van der Waals surface area contributed by atoms with Gasteiger partial charge in [-0.25, -0.2) is 22.8 Å². The summed E-state index contributed by atoms with van der Waals surface area (Å²) in [4.78, 5) is 8.42. The largest absolute Gasteiger partial charge is 0.494 e. The van der Waals surface area contributed by atoms with Gasteiger partial charge in [-0.05, 0) is 13.0 Å². The molecule has 0 saturated carbocycles. The average Bonchev–Trinajstić information content (AvgIpc) is 2.59. The van der Waals surface area contributed by atoms with Gasteiger partial charge >= 0.3 is 0 Å². The molecule has 148 valence electrons. The number of aromatic nitrogens is 2. The lowest BCUT2D eigenvalue weighted by atomic mass is 10.2. The minimum absolute atomic E-state index is 0.0775. The fourth-order valence-corrected chi connectivity index (χ4v) is 3.39. The number of nitrogens with zero attached hydrogens (tertiary/aromatic N) is 2. The van der Waals surface area contributed by atoms with Crippen LogP contribution in [0.25, 0.3) is 0 Å². The molecule has 0 radical (unpaired) electrons. The molecule has 11 heteroatoms. The third kappa shape index (κ3) is 6.52. The molecule has 3 N–H and O–H groups in total. The van der Waals surface area contributed by atoms with Crippen molar-refractivity contribution in [3.8, 4) is 5.75 Å². The molecule has 0 aliphatic heterocycles. The van der Waals surface area contributed by atoms with Gasteiger partial charge in [0.15, 0.2) is 16.7 Å². The third-order valence-electron chi connectivity index (χ3n) is 3.28. The number of halogens is 1. The predicted octanol–water partition coefficient (Wildman–Crippen LogP) is 2.08. The van der Waals surface area contributed by atoms with Gasteiger partial charge in [0, 0.05) is 23.4 Å². The lowest BCUT2D eigenvalue weighted by Gasteiger charge is -2.14. The second-order valence-corrected chi connectivity index (χ2v) is 8.44. The maximum atomic E-state index is 14.3. The summed E-state index contributed by atoms with van der Waals surface area (Å²) in [5, 5.41) is 12.4. The minimum atomic E-state index is -3.53. The summed E-state index contributed by atoms with van der Waals surface area (Å²) >= 11 is 1.14. The van der Waals surface area contributed by atoms with Gasteiger partial charge in [-0.3, -0.25) is 4.72 Å². The van der Waals surface area contributed by atoms with E-state index < -0.39 is 15.8 Å². The van der Waals surface area contributed by atoms with Crippen molar-refractivity contribution in [3.05, 3.63) is 35.6 Å². The summed E-state index contributed by atoms with van der Waals surface area (Å²) in [5.74, 6) is 0.311. The first-order valence-corrected chi connectivity index (χ1v) is 10.8. The maximum absolute atomic E-state index is 14.3. The Labute approximate surface area is 161 Å². The van der Waals surface area contributed by atoms with Crippen LogP contribution in [0.15, 0.2) is 29.4 Å². The number of thioether (sulfide) groups is 1. The molecule has 0 bridgehead atoms. The Kier molecular flexibility index (Phi) is 7.22. The molecule has 0 aliphatic rings. The van der Waals surface area contributed by atoms with E-state index in [2.05, 4.69) is 20.0 Å². The number of benzene rings is 1. The molecule has 2 aromatic rings. The van der Waals surface area contributed by atoms with Crippen molar-refractivity contribution in [2.24, 2.45) is 0 Å². The van der Waals surface area contributed by atoms with Gasteiger partial charge < -0.3 is 15.2 Å². The zero-order chi connectivity index (χ0) is 20.0. The molecule has 27 heavy (non-hydrogen) atoms. The Balaban J connectivity index is 2.26. The lowest BCUT2D eigenvalue weighted by molar-refractivity contribution is 0.281. The predicted molar refractivity (Wildman–Crippen MR) is 103 cm³/mol. The van der Waals surface area contributed by atoms with Gasteiger partial charge in [0.2, 0.25) is 10.0 Å². The number of rotatable bonds is 9. The van der Waals surface area contributed by atoms with Crippen LogP contribution in [0.4, 0.5) is 16.0 Å². The average molecular weight is 417 g/mol. The molecule has 0 fully saturated rings. The van der Waals surface area contributed by atoms with Crippen LogP contribution in [-0.4, -0.2) is 49.5 Å². The molecule has 8 nitrogen and oxygen atoms in total. The van der Waals surface area contributed by atoms with Gasteiger partial charge in [0.25, 0.3) is 0 Å². The van der Waals surface area contributed by atoms with Crippen LogP contribution in [-0.2, 0) is 15.8 Å². The third-order valence-corrected chi connectivity index (χ3v) is 4.76. The van der Waals surface area contributed by atoms with E-state index in [1.54, 1.807) is 19.1 Å². The number of aliphatic hydroxyl groups excluding tert-OH is 1. The van der Waals surface area contributed by atoms with Crippen LogP contribution < -0.4 is 14.8 Å². The fourth-order valence-electron chi connectivity index (χ4n) is 2.07. The molecule has 0 saturated heterocycles. The van der Waals surface area contributed by atoms with Crippen molar-refractivity contribution in [1.82, 2.24) is 9.97 Å². The Bertz CT molecular complexity index is 896. The summed E-state index contributed by atoms with van der Waals surface area (Å²) in [5.41, 5.74) is 0.405. The molecule has 1 heterocycles. The molecule has 1 aromatic carbocycles. The zero-order valence-corrected chi connectivity index (χ0v) is 16.7. The topological polar surface area (TPSA) is 113 Å². The monoisotopic (exact) mass is 416 g/mol. The molecule has 0 amide bonds. The highest BCUT2D eigenvalue weighted by Crippen LogP contribution is 2.27. The van der Waals surface area contributed by atoms with Crippen LogP contribution in [0.1, 0.15) is 12.5 Å². The summed E-state index contributed by atoms with van der Waals surface area (Å²) in [6, 6.07) is 5.95. The van der Waals surface area contributed by atoms with E-state index in [1.165, 1.54) is 19.2 Å². The highest BCUT2D eigenvalue weighted by molar-refractivity contribution is 7.98. The van der Waals surface area contributed by atoms with Crippen molar-refractivity contribution in [2.45, 2.75) is 23.9 Å². The fraction of sp³-hybridized carbons (Fsp3) is 0.375. The molecular weight excluding hydrogens is 395 g/mol. The Hall–Kier alpha value is -2.11. The second-order valence-electron chi connectivity index (χ2n) is 5.75. The highest BCUT2D eigenvalue weighted by Gasteiger charge is 2.13. The van der Waals surface area contributed by atoms with Crippen LogP contribution >= 0.6 is 11.8 Å². The van der Waals surface area contributed by atoms with Crippen molar-refractivity contribution >= 4 is 33.4 Å². The Morgan fingerprint density at radius 1 is 1.33 bits per heavy atom. The Morgan fingerprint density at radius 2 is 2.04 bits per heavy atom. The molecule has 0 aliphatic carbocycles. The van der Waals surface area contributed by atoms with Gasteiger partial charge in [0.05, 0.1) is 20.0 Å². The van der Waals surface area contributed by atoms with Crippen molar-refractivity contribution < 1.29 is 22.7 Å². The van der Waals surface area contributed by atoms with Crippen LogP contribution in [0.2, 0.25) is 0 Å². The molecule has 1 aromatic heterocycles. The standard InChI is InChI=1S/C16H21FN4O4S2/c1-10(8-22)18-13-7-14(21-27(3,23)24)20-16(19-13)26-9-11-5-4-6-12(25-2)15(11)17/h4-7,10,22H,8-9H2,1-3H3,(H2,18,19,20,21)/t10-/m1/s1. The van der Waals surface area contributed by atoms with Crippen LogP contribution in [0.3, 0.4) is 0 Å². The smallest absolute Gasteiger partial charge is 0.230 e. The number of sulfonamides is 1. The number of anilines is 2. The number of ether oxygens (including phenoxy) is 1. The lowest BCUT2D eigenvalue weighted by Crippen LogP contribution is -2.21. The molecule has 2 rings (SSSR count). The number of hydrogen-bond acceptors (Lipinski definition) is 8. The Morgan fingerprint density at radius 3 is 2.67 bits per heavy atom. The second kappa shape index (κ2) is 9.20. The van der Waals surface area contributed by atoms with Crippen molar-refractivity contribution in [2.75, 3.05) is 30.0 Å². The van der Waals surface area contributed by atoms with Crippen LogP contribution in [0.5, 0.6) is 5.75 Å². The summed E-state index contributed by atoms with van der Waals surface area (Å²) < 4.78 is 44.5. The quantitative estimate of drug-likeness (QED) is 0.421. The maximum Gasteiger partial charge on any atom is 0.230 e. The van der Waals surface area contributed by atoms with Crippen molar-refractivity contribution in [3.63, 3.8) is 0 Å². The van der Waals surface area contributed by atoms with E-state index in [9.17, 15) is 17.9 Å². The SMILES string of the molecule is COc1cccc(CSc2nc(N[C@H](C)CO)cc(NS(C)(=O)=O)n2)c1F. The first-order valence-electron chi connectivity index (χ1n) is 7.90. The molecule has 0 spiro atoms. The number of methoxy groups -OCH3 is 1. The normalized spacial score (nSPS) is 12.5. The van der Waals surface area contributed by atoms with E-state index in [-0.39, 0.29) is 35.1 Å². The summed E-state index contributed by atoms with van der Waals surface area (Å²) in [6.07, 6.45) is 1.01. The highest BCUT2D eigenvalue weighted by atomic mass is 32.2. The van der Waals surface area contributed by atoms with Crippen molar-refractivity contribution in [1.29, 1.82) is 0 Å². The van der Waals surface area contributed by atoms with E-state index in [0.717, 1.165) is 18.0 Å². The van der Waals surface area contributed by atoms with E-state index >= 15 is 0 Å². The number of aliphatic hydroxyl groups is 1. The van der Waals surface area contributed by atoms with Gasteiger partial charge in [-0.2, -0.15) is 0 Å². The molecular formula is C16H21FN4O4S2. The minimum Gasteiger partial charge on any atom is -0.494 e. The van der Waals surface area contributed by atoms with E-state index in [1.807, 2.05) is 0 Å². The van der Waals surface area contributed by atoms with Gasteiger partial charge in [-0.1, -0.05) is 23.9 Å². The van der Waals surface area contributed by atoms with Gasteiger partial charge in [0.1, 0.15) is 11.6 Å². The summed E-state index contributed by atoms with van der Waals surface area (Å²) in [7, 11) is -2.14. The zero-order valence-electron chi connectivity index (χ0n) is 15.1. The molecule has 1 atom stereocenters. The number of nitrogens with one attached hydrogen (secondary N) is 2. The first-order chi connectivity index (χ1) is 12.7. The summed E-state index contributed by atoms with van der Waals surface area (Å²) in [6.45, 7) is 1.61. The number of hydrogen-bond donors (Lipinski definition) is 3. The van der Waals surface area contributed by atoms with E-state index in [0.29, 0.717) is 11.4 Å². The van der Waals surface area contributed by atoms with Crippen LogP contribution in [0, 0.1) is 5.82 Å². The van der Waals surface area contributed by atoms with Gasteiger partial charge in [-0.15, -0.1) is 0 Å². The van der Waals surface area contributed by atoms with E-state index in [4.69, 9.17) is 4.74 Å². The first kappa shape index (κ1) is 21.2.